The fourth-order valence-electron chi connectivity index (χ4n) is 4.31. The average Bonchev–Trinajstić information content (AvgIpc) is 3.10. The van der Waals surface area contributed by atoms with Crippen molar-refractivity contribution in [1.82, 2.24) is 23.6 Å². The van der Waals surface area contributed by atoms with E-state index >= 15 is 0 Å². The molecule has 7 heteroatoms. The molecule has 3 heterocycles. The molecule has 0 spiro atoms. The average molecular weight is 396 g/mol. The molecule has 1 saturated heterocycles. The van der Waals surface area contributed by atoms with Crippen molar-refractivity contribution in [3.05, 3.63) is 62.6 Å². The summed E-state index contributed by atoms with van der Waals surface area (Å²) in [7, 11) is 3.22. The summed E-state index contributed by atoms with van der Waals surface area (Å²) in [5.41, 5.74) is 1.60. The van der Waals surface area contributed by atoms with Crippen molar-refractivity contribution in [1.29, 1.82) is 0 Å². The predicted octanol–water partition coefficient (Wildman–Crippen LogP) is 2.05. The Kier molecular flexibility index (Phi) is 5.41. The van der Waals surface area contributed by atoms with E-state index in [2.05, 4.69) is 24.0 Å². The van der Waals surface area contributed by atoms with Crippen LogP contribution >= 0.6 is 0 Å². The van der Waals surface area contributed by atoms with Crippen molar-refractivity contribution in [3.63, 3.8) is 0 Å². The standard InChI is InChI=1S/C22H29N5O2/c1-16-9-7-8-13-26(16)15-18-23-20-19(21(28)25(3)22(29)24(20)2)27(18)14-12-17-10-5-4-6-11-17/h4-6,10-11,16H,7-9,12-15H2,1-3H3/t16-/m0/s1. The van der Waals surface area contributed by atoms with E-state index in [-0.39, 0.29) is 11.2 Å². The molecule has 4 rings (SSSR count). The van der Waals surface area contributed by atoms with Crippen LogP contribution in [-0.4, -0.2) is 36.2 Å². The van der Waals surface area contributed by atoms with Crippen molar-refractivity contribution in [3.8, 4) is 0 Å². The first-order valence-electron chi connectivity index (χ1n) is 10.4. The van der Waals surface area contributed by atoms with E-state index < -0.39 is 0 Å². The van der Waals surface area contributed by atoms with Crippen LogP contribution in [0.1, 0.15) is 37.6 Å². The zero-order valence-corrected chi connectivity index (χ0v) is 17.5. The lowest BCUT2D eigenvalue weighted by Crippen LogP contribution is -2.38. The molecule has 1 aliphatic rings. The molecule has 0 bridgehead atoms. The first-order chi connectivity index (χ1) is 14.0. The Balaban J connectivity index is 1.80. The molecule has 0 aliphatic carbocycles. The molecule has 0 amide bonds. The van der Waals surface area contributed by atoms with Crippen LogP contribution in [0, 0.1) is 0 Å². The number of rotatable bonds is 5. The minimum Gasteiger partial charge on any atom is -0.321 e. The summed E-state index contributed by atoms with van der Waals surface area (Å²) in [5, 5.41) is 0. The molecule has 1 atom stereocenters. The number of fused-ring (bicyclic) bond motifs is 1. The van der Waals surface area contributed by atoms with Crippen LogP contribution in [0.25, 0.3) is 11.2 Å². The van der Waals surface area contributed by atoms with Crippen LogP contribution in [0.4, 0.5) is 0 Å². The Morgan fingerprint density at radius 3 is 2.55 bits per heavy atom. The Labute approximate surface area is 170 Å². The fourth-order valence-corrected chi connectivity index (χ4v) is 4.31. The Hall–Kier alpha value is -2.67. The second-order valence-corrected chi connectivity index (χ2v) is 8.11. The van der Waals surface area contributed by atoms with Crippen molar-refractivity contribution >= 4 is 11.2 Å². The maximum atomic E-state index is 13.0. The van der Waals surface area contributed by atoms with Gasteiger partial charge in [0.25, 0.3) is 5.56 Å². The second kappa shape index (κ2) is 7.99. The summed E-state index contributed by atoms with van der Waals surface area (Å²) < 4.78 is 4.70. The van der Waals surface area contributed by atoms with Crippen molar-refractivity contribution in [2.24, 2.45) is 14.1 Å². The minimum absolute atomic E-state index is 0.276. The SMILES string of the molecule is C[C@H]1CCCCN1Cc1nc2c(c(=O)n(C)c(=O)n2C)n1CCc1ccccc1. The summed E-state index contributed by atoms with van der Waals surface area (Å²) in [4.78, 5) is 32.6. The number of piperidine rings is 1. The van der Waals surface area contributed by atoms with Crippen LogP contribution in [0.5, 0.6) is 0 Å². The van der Waals surface area contributed by atoms with E-state index in [1.807, 2.05) is 22.8 Å². The van der Waals surface area contributed by atoms with Gasteiger partial charge in [-0.15, -0.1) is 0 Å². The highest BCUT2D eigenvalue weighted by Crippen LogP contribution is 2.21. The summed E-state index contributed by atoms with van der Waals surface area (Å²) in [5.74, 6) is 0.864. The van der Waals surface area contributed by atoms with Gasteiger partial charge in [0.15, 0.2) is 11.2 Å². The van der Waals surface area contributed by atoms with E-state index in [4.69, 9.17) is 4.98 Å². The van der Waals surface area contributed by atoms with Gasteiger partial charge >= 0.3 is 5.69 Å². The van der Waals surface area contributed by atoms with Crippen LogP contribution in [0.3, 0.4) is 0 Å². The number of hydrogen-bond acceptors (Lipinski definition) is 4. The first-order valence-corrected chi connectivity index (χ1v) is 10.4. The summed E-state index contributed by atoms with van der Waals surface area (Å²) >= 11 is 0. The van der Waals surface area contributed by atoms with Gasteiger partial charge in [0.2, 0.25) is 0 Å². The Morgan fingerprint density at radius 1 is 1.07 bits per heavy atom. The van der Waals surface area contributed by atoms with E-state index in [0.29, 0.717) is 30.3 Å². The predicted molar refractivity (Wildman–Crippen MR) is 114 cm³/mol. The van der Waals surface area contributed by atoms with Gasteiger partial charge in [-0.1, -0.05) is 36.8 Å². The summed E-state index contributed by atoms with van der Waals surface area (Å²) in [6.07, 6.45) is 4.44. The normalized spacial score (nSPS) is 17.8. The number of likely N-dealkylation sites (tertiary alicyclic amines) is 1. The highest BCUT2D eigenvalue weighted by atomic mass is 16.2. The fraction of sp³-hybridized carbons (Fsp3) is 0.500. The van der Waals surface area contributed by atoms with E-state index in [1.54, 1.807) is 7.05 Å². The molecule has 7 nitrogen and oxygen atoms in total. The number of imidazole rings is 1. The van der Waals surface area contributed by atoms with Gasteiger partial charge in [-0.05, 0) is 38.3 Å². The maximum absolute atomic E-state index is 13.0. The van der Waals surface area contributed by atoms with Crippen LogP contribution in [0.2, 0.25) is 0 Å². The second-order valence-electron chi connectivity index (χ2n) is 8.11. The molecule has 0 saturated carbocycles. The molecule has 2 aromatic heterocycles. The zero-order chi connectivity index (χ0) is 20.5. The van der Waals surface area contributed by atoms with Gasteiger partial charge in [-0.3, -0.25) is 18.8 Å². The monoisotopic (exact) mass is 395 g/mol. The lowest BCUT2D eigenvalue weighted by Gasteiger charge is -2.33. The van der Waals surface area contributed by atoms with E-state index in [9.17, 15) is 9.59 Å². The lowest BCUT2D eigenvalue weighted by molar-refractivity contribution is 0.147. The number of hydrogen-bond donors (Lipinski definition) is 0. The molecule has 1 fully saturated rings. The van der Waals surface area contributed by atoms with E-state index in [0.717, 1.165) is 18.8 Å². The molecular weight excluding hydrogens is 366 g/mol. The lowest BCUT2D eigenvalue weighted by atomic mass is 10.0. The molecule has 3 aromatic rings. The van der Waals surface area contributed by atoms with Crippen molar-refractivity contribution in [2.45, 2.75) is 51.7 Å². The van der Waals surface area contributed by atoms with Crippen LogP contribution in [0.15, 0.2) is 39.9 Å². The molecular formula is C22H29N5O2. The van der Waals surface area contributed by atoms with Crippen molar-refractivity contribution < 1.29 is 0 Å². The highest BCUT2D eigenvalue weighted by Gasteiger charge is 2.24. The quantitative estimate of drug-likeness (QED) is 0.663. The van der Waals surface area contributed by atoms with Gasteiger partial charge in [0.05, 0.1) is 6.54 Å². The Morgan fingerprint density at radius 2 is 1.83 bits per heavy atom. The molecule has 29 heavy (non-hydrogen) atoms. The number of aromatic nitrogens is 4. The third-order valence-corrected chi connectivity index (χ3v) is 6.18. The molecule has 0 N–H and O–H groups in total. The van der Waals surface area contributed by atoms with Crippen molar-refractivity contribution in [2.75, 3.05) is 6.54 Å². The summed E-state index contributed by atoms with van der Waals surface area (Å²) in [6, 6.07) is 10.8. The van der Waals surface area contributed by atoms with Crippen LogP contribution < -0.4 is 11.2 Å². The van der Waals surface area contributed by atoms with E-state index in [1.165, 1.54) is 41.0 Å². The number of aryl methyl sites for hydroxylation is 3. The third kappa shape index (κ3) is 3.67. The topological polar surface area (TPSA) is 65.1 Å². The molecule has 154 valence electrons. The van der Waals surface area contributed by atoms with Gasteiger partial charge in [0, 0.05) is 26.7 Å². The molecule has 1 aliphatic heterocycles. The molecule has 1 aromatic carbocycles. The zero-order valence-electron chi connectivity index (χ0n) is 17.5. The Bertz CT molecular complexity index is 1130. The van der Waals surface area contributed by atoms with Crippen LogP contribution in [-0.2, 0) is 33.6 Å². The summed E-state index contributed by atoms with van der Waals surface area (Å²) in [6.45, 7) is 4.65. The van der Waals surface area contributed by atoms with Gasteiger partial charge in [-0.25, -0.2) is 9.78 Å². The molecule has 0 unspecified atom stereocenters. The highest BCUT2D eigenvalue weighted by molar-refractivity contribution is 5.71. The van der Waals surface area contributed by atoms with Gasteiger partial charge in [-0.2, -0.15) is 0 Å². The smallest absolute Gasteiger partial charge is 0.321 e. The number of nitrogens with zero attached hydrogens (tertiary/aromatic N) is 5. The number of benzene rings is 1. The third-order valence-electron chi connectivity index (χ3n) is 6.18. The first kappa shape index (κ1) is 19.6. The molecule has 0 radical (unpaired) electrons. The minimum atomic E-state index is -0.340. The largest absolute Gasteiger partial charge is 0.332 e. The maximum Gasteiger partial charge on any atom is 0.332 e. The van der Waals surface area contributed by atoms with Gasteiger partial charge in [0.1, 0.15) is 5.82 Å². The van der Waals surface area contributed by atoms with Gasteiger partial charge < -0.3 is 4.57 Å².